The molecule has 0 unspecified atom stereocenters. The van der Waals surface area contributed by atoms with Crippen LogP contribution in [0.3, 0.4) is 0 Å². The lowest BCUT2D eigenvalue weighted by Gasteiger charge is -2.32. The minimum atomic E-state index is -1.20. The van der Waals surface area contributed by atoms with E-state index in [1.807, 2.05) is 24.3 Å². The highest BCUT2D eigenvalue weighted by molar-refractivity contribution is 9.10. The lowest BCUT2D eigenvalue weighted by atomic mass is 10.1. The maximum absolute atomic E-state index is 13.4. The summed E-state index contributed by atoms with van der Waals surface area (Å²) in [5.74, 6) is 0.409. The third kappa shape index (κ3) is 7.68. The van der Waals surface area contributed by atoms with E-state index < -0.39 is 11.2 Å². The zero-order valence-corrected chi connectivity index (χ0v) is 25.3. The molecule has 0 saturated carbocycles. The molecule has 1 aliphatic rings. The van der Waals surface area contributed by atoms with Crippen LogP contribution in [0.15, 0.2) is 71.2 Å². The van der Waals surface area contributed by atoms with Crippen LogP contribution in [0.2, 0.25) is 5.02 Å². The second kappa shape index (κ2) is 12.5. The molecule has 0 radical (unpaired) electrons. The molecule has 3 aromatic rings. The average Bonchev–Trinajstić information content (AvgIpc) is 2.91. The summed E-state index contributed by atoms with van der Waals surface area (Å²) in [7, 11) is 0. The molecule has 1 aliphatic heterocycles. The van der Waals surface area contributed by atoms with Gasteiger partial charge in [0.25, 0.3) is 11.8 Å². The van der Waals surface area contributed by atoms with E-state index in [9.17, 15) is 9.59 Å². The number of anilines is 3. The molecule has 1 heterocycles. The summed E-state index contributed by atoms with van der Waals surface area (Å²) in [6, 6.07) is 19.5. The summed E-state index contributed by atoms with van der Waals surface area (Å²) < 4.78 is 18.4. The number of halogens is 2. The summed E-state index contributed by atoms with van der Waals surface area (Å²) in [5.41, 5.74) is -0.475. The monoisotopic (exact) mass is 629 g/mol. The number of amides is 2. The van der Waals surface area contributed by atoms with Crippen LogP contribution in [0.4, 0.5) is 17.1 Å². The molecule has 212 valence electrons. The molecule has 0 aliphatic carbocycles. The Balaban J connectivity index is 1.54. The molecule has 0 spiro atoms. The van der Waals surface area contributed by atoms with E-state index >= 15 is 0 Å². The van der Waals surface area contributed by atoms with Gasteiger partial charge in [-0.15, -0.1) is 0 Å². The van der Waals surface area contributed by atoms with Gasteiger partial charge >= 0.3 is 0 Å². The summed E-state index contributed by atoms with van der Waals surface area (Å²) in [6.45, 7) is 9.30. The van der Waals surface area contributed by atoms with Gasteiger partial charge < -0.3 is 29.7 Å². The van der Waals surface area contributed by atoms with E-state index in [0.29, 0.717) is 54.2 Å². The van der Waals surface area contributed by atoms with Gasteiger partial charge in [0.05, 0.1) is 24.6 Å². The van der Waals surface area contributed by atoms with Crippen molar-refractivity contribution in [3.05, 3.63) is 76.2 Å². The Morgan fingerprint density at radius 1 is 0.825 bits per heavy atom. The SMILES string of the molecule is CC(C)(Oc1ccc(Br)cc1)C(=O)Nc1ccc(N2CCOCC2)c(NC(=O)C(C)(C)Oc2ccc(Cl)cc2)c1. The summed E-state index contributed by atoms with van der Waals surface area (Å²) in [6.07, 6.45) is 0. The summed E-state index contributed by atoms with van der Waals surface area (Å²) in [4.78, 5) is 28.8. The van der Waals surface area contributed by atoms with Crippen LogP contribution in [0.5, 0.6) is 11.5 Å². The number of rotatable bonds is 9. The van der Waals surface area contributed by atoms with E-state index in [2.05, 4.69) is 31.5 Å². The molecule has 1 saturated heterocycles. The standard InChI is InChI=1S/C30H33BrClN3O5/c1-29(2,39-23-10-5-20(31)6-11-23)27(36)33-22-9-14-26(35-15-17-38-18-16-35)25(19-22)34-28(37)30(3,4)40-24-12-7-21(32)8-13-24/h5-14,19H,15-18H2,1-4H3,(H,33,36)(H,34,37). The highest BCUT2D eigenvalue weighted by Gasteiger charge is 2.33. The van der Waals surface area contributed by atoms with E-state index in [4.69, 9.17) is 25.8 Å². The molecule has 40 heavy (non-hydrogen) atoms. The molecule has 0 atom stereocenters. The molecule has 10 heteroatoms. The first kappa shape index (κ1) is 29.7. The fourth-order valence-corrected chi connectivity index (χ4v) is 4.43. The zero-order valence-electron chi connectivity index (χ0n) is 22.9. The number of benzene rings is 3. The van der Waals surface area contributed by atoms with Crippen molar-refractivity contribution in [2.24, 2.45) is 0 Å². The molecule has 3 aromatic carbocycles. The molecular weight excluding hydrogens is 598 g/mol. The van der Waals surface area contributed by atoms with Gasteiger partial charge in [0.15, 0.2) is 11.2 Å². The Kier molecular flexibility index (Phi) is 9.28. The van der Waals surface area contributed by atoms with Crippen LogP contribution in [-0.2, 0) is 14.3 Å². The maximum atomic E-state index is 13.4. The zero-order chi connectivity index (χ0) is 28.9. The first-order valence-corrected chi connectivity index (χ1v) is 14.1. The Morgan fingerprint density at radius 3 is 1.93 bits per heavy atom. The van der Waals surface area contributed by atoms with Gasteiger partial charge in [-0.1, -0.05) is 27.5 Å². The fourth-order valence-electron chi connectivity index (χ4n) is 4.04. The van der Waals surface area contributed by atoms with Crippen molar-refractivity contribution in [2.45, 2.75) is 38.9 Å². The Morgan fingerprint density at radius 2 is 1.35 bits per heavy atom. The number of nitrogens with one attached hydrogen (secondary N) is 2. The second-order valence-electron chi connectivity index (χ2n) is 10.4. The Labute approximate surface area is 248 Å². The van der Waals surface area contributed by atoms with Crippen LogP contribution in [0.25, 0.3) is 0 Å². The van der Waals surface area contributed by atoms with Gasteiger partial charge in [-0.3, -0.25) is 9.59 Å². The molecule has 1 fully saturated rings. The largest absolute Gasteiger partial charge is 0.478 e. The third-order valence-corrected chi connectivity index (χ3v) is 7.10. The second-order valence-corrected chi connectivity index (χ2v) is 11.7. The Bertz CT molecular complexity index is 1340. The van der Waals surface area contributed by atoms with Gasteiger partial charge in [0.1, 0.15) is 11.5 Å². The lowest BCUT2D eigenvalue weighted by Crippen LogP contribution is -2.43. The molecule has 2 N–H and O–H groups in total. The van der Waals surface area contributed by atoms with Crippen LogP contribution >= 0.6 is 27.5 Å². The highest BCUT2D eigenvalue weighted by atomic mass is 79.9. The molecular formula is C30H33BrClN3O5. The number of carbonyl (C=O) groups is 2. The number of hydrogen-bond donors (Lipinski definition) is 2. The van der Waals surface area contributed by atoms with Crippen LogP contribution < -0.4 is 25.0 Å². The number of ether oxygens (including phenoxy) is 3. The number of morpholine rings is 1. The average molecular weight is 631 g/mol. The number of carbonyl (C=O) groups excluding carboxylic acids is 2. The molecule has 0 bridgehead atoms. The van der Waals surface area contributed by atoms with Crippen molar-refractivity contribution in [3.8, 4) is 11.5 Å². The Hall–Kier alpha value is -3.27. The van der Waals surface area contributed by atoms with E-state index in [1.165, 1.54) is 0 Å². The van der Waals surface area contributed by atoms with Crippen molar-refractivity contribution in [1.82, 2.24) is 0 Å². The molecule has 2 amide bonds. The van der Waals surface area contributed by atoms with Gasteiger partial charge in [-0.2, -0.15) is 0 Å². The van der Waals surface area contributed by atoms with Gasteiger partial charge in [0.2, 0.25) is 0 Å². The summed E-state index contributed by atoms with van der Waals surface area (Å²) in [5, 5.41) is 6.53. The van der Waals surface area contributed by atoms with Gasteiger partial charge in [-0.25, -0.2) is 0 Å². The minimum absolute atomic E-state index is 0.335. The van der Waals surface area contributed by atoms with Crippen molar-refractivity contribution >= 4 is 56.4 Å². The normalized spacial score (nSPS) is 13.9. The van der Waals surface area contributed by atoms with Crippen LogP contribution in [0.1, 0.15) is 27.7 Å². The summed E-state index contributed by atoms with van der Waals surface area (Å²) >= 11 is 9.38. The minimum Gasteiger partial charge on any atom is -0.478 e. The van der Waals surface area contributed by atoms with E-state index in [-0.39, 0.29) is 11.8 Å². The fraction of sp³-hybridized carbons (Fsp3) is 0.333. The van der Waals surface area contributed by atoms with Crippen molar-refractivity contribution in [1.29, 1.82) is 0 Å². The lowest BCUT2D eigenvalue weighted by molar-refractivity contribution is -0.129. The first-order chi connectivity index (χ1) is 18.9. The molecule has 0 aromatic heterocycles. The van der Waals surface area contributed by atoms with Crippen molar-refractivity contribution in [3.63, 3.8) is 0 Å². The van der Waals surface area contributed by atoms with E-state index in [1.54, 1.807) is 70.2 Å². The van der Waals surface area contributed by atoms with Crippen LogP contribution in [-0.4, -0.2) is 49.3 Å². The van der Waals surface area contributed by atoms with Gasteiger partial charge in [-0.05, 0) is 94.4 Å². The predicted molar refractivity (Wildman–Crippen MR) is 162 cm³/mol. The third-order valence-electron chi connectivity index (χ3n) is 6.32. The smallest absolute Gasteiger partial charge is 0.268 e. The maximum Gasteiger partial charge on any atom is 0.268 e. The molecule has 4 rings (SSSR count). The molecule has 8 nitrogen and oxygen atoms in total. The highest BCUT2D eigenvalue weighted by Crippen LogP contribution is 2.32. The van der Waals surface area contributed by atoms with Gasteiger partial charge in [0, 0.05) is 28.3 Å². The van der Waals surface area contributed by atoms with Crippen molar-refractivity contribution < 1.29 is 23.8 Å². The number of nitrogens with zero attached hydrogens (tertiary/aromatic N) is 1. The quantitative estimate of drug-likeness (QED) is 0.280. The number of hydrogen-bond acceptors (Lipinski definition) is 6. The predicted octanol–water partition coefficient (Wildman–Crippen LogP) is 6.53. The van der Waals surface area contributed by atoms with Crippen LogP contribution in [0, 0.1) is 0 Å². The topological polar surface area (TPSA) is 89.1 Å². The van der Waals surface area contributed by atoms with E-state index in [0.717, 1.165) is 10.2 Å². The van der Waals surface area contributed by atoms with Crippen molar-refractivity contribution in [2.75, 3.05) is 41.8 Å². The first-order valence-electron chi connectivity index (χ1n) is 12.9.